The van der Waals surface area contributed by atoms with Crippen molar-refractivity contribution in [1.82, 2.24) is 15.4 Å². The van der Waals surface area contributed by atoms with Crippen molar-refractivity contribution in [2.24, 2.45) is 5.10 Å². The van der Waals surface area contributed by atoms with Crippen LogP contribution >= 0.6 is 12.2 Å². The third-order valence-corrected chi connectivity index (χ3v) is 3.61. The standard InChI is InChI=1S/C19H16N4O3S/c24-17-10-14(21-19(27)22-17)11-18(25)23-20-12-13-5-4-8-16(9-13)26-15-6-2-1-3-7-15/h1-10,12H,11H2,(H,23,25)(H2,21,22,24,27)/b20-12-. The molecule has 0 aliphatic rings. The van der Waals surface area contributed by atoms with Crippen LogP contribution in [-0.4, -0.2) is 22.1 Å². The first kappa shape index (κ1) is 18.3. The Morgan fingerprint density at radius 3 is 2.63 bits per heavy atom. The van der Waals surface area contributed by atoms with Gasteiger partial charge >= 0.3 is 0 Å². The van der Waals surface area contributed by atoms with Gasteiger partial charge < -0.3 is 9.72 Å². The Kier molecular flexibility index (Phi) is 5.91. The lowest BCUT2D eigenvalue weighted by molar-refractivity contribution is -0.120. The molecule has 1 heterocycles. The van der Waals surface area contributed by atoms with Crippen LogP contribution in [0.3, 0.4) is 0 Å². The number of hydrazone groups is 1. The highest BCUT2D eigenvalue weighted by molar-refractivity contribution is 7.71. The maximum absolute atomic E-state index is 11.9. The summed E-state index contributed by atoms with van der Waals surface area (Å²) < 4.78 is 5.92. The van der Waals surface area contributed by atoms with Crippen LogP contribution in [0.1, 0.15) is 11.3 Å². The molecule has 3 aromatic rings. The highest BCUT2D eigenvalue weighted by atomic mass is 32.1. The van der Waals surface area contributed by atoms with Gasteiger partial charge in [0.25, 0.3) is 5.56 Å². The zero-order valence-electron chi connectivity index (χ0n) is 14.1. The van der Waals surface area contributed by atoms with Gasteiger partial charge in [0.15, 0.2) is 4.77 Å². The van der Waals surface area contributed by atoms with Crippen LogP contribution in [0.15, 0.2) is 70.6 Å². The number of aromatic nitrogens is 2. The van der Waals surface area contributed by atoms with Crippen molar-refractivity contribution in [3.8, 4) is 11.5 Å². The number of carbonyl (C=O) groups excluding carboxylic acids is 1. The molecule has 0 aliphatic heterocycles. The number of rotatable bonds is 6. The monoisotopic (exact) mass is 380 g/mol. The molecule has 0 saturated heterocycles. The molecule has 8 heteroatoms. The summed E-state index contributed by atoms with van der Waals surface area (Å²) in [6, 6.07) is 18.0. The van der Waals surface area contributed by atoms with Gasteiger partial charge in [-0.05, 0) is 42.0 Å². The Labute approximate surface area is 159 Å². The molecule has 27 heavy (non-hydrogen) atoms. The molecule has 0 atom stereocenters. The Morgan fingerprint density at radius 1 is 1.07 bits per heavy atom. The van der Waals surface area contributed by atoms with Gasteiger partial charge in [-0.2, -0.15) is 5.10 Å². The molecular weight excluding hydrogens is 364 g/mol. The molecule has 0 spiro atoms. The molecular formula is C19H16N4O3S. The topological polar surface area (TPSA) is 99.3 Å². The number of hydrogen-bond donors (Lipinski definition) is 3. The van der Waals surface area contributed by atoms with E-state index in [0.29, 0.717) is 11.4 Å². The summed E-state index contributed by atoms with van der Waals surface area (Å²) in [4.78, 5) is 28.4. The number of H-pyrrole nitrogens is 2. The molecule has 2 aromatic carbocycles. The number of nitrogens with zero attached hydrogens (tertiary/aromatic N) is 1. The van der Waals surface area contributed by atoms with Gasteiger partial charge in [-0.15, -0.1) is 0 Å². The van der Waals surface area contributed by atoms with Crippen molar-refractivity contribution >= 4 is 24.3 Å². The van der Waals surface area contributed by atoms with Crippen molar-refractivity contribution in [2.75, 3.05) is 0 Å². The Bertz CT molecular complexity index is 1050. The molecule has 7 nitrogen and oxygen atoms in total. The van der Waals surface area contributed by atoms with Crippen molar-refractivity contribution in [3.05, 3.63) is 87.0 Å². The minimum atomic E-state index is -0.376. The van der Waals surface area contributed by atoms with Crippen molar-refractivity contribution < 1.29 is 9.53 Å². The van der Waals surface area contributed by atoms with E-state index >= 15 is 0 Å². The lowest BCUT2D eigenvalue weighted by atomic mass is 10.2. The van der Waals surface area contributed by atoms with E-state index < -0.39 is 0 Å². The van der Waals surface area contributed by atoms with Crippen LogP contribution in [0.4, 0.5) is 0 Å². The fraction of sp³-hybridized carbons (Fsp3) is 0.0526. The minimum Gasteiger partial charge on any atom is -0.457 e. The smallest absolute Gasteiger partial charge is 0.251 e. The highest BCUT2D eigenvalue weighted by Gasteiger charge is 2.04. The lowest BCUT2D eigenvalue weighted by Crippen LogP contribution is -2.21. The maximum atomic E-state index is 11.9. The average molecular weight is 380 g/mol. The first-order valence-electron chi connectivity index (χ1n) is 8.06. The predicted molar refractivity (Wildman–Crippen MR) is 105 cm³/mol. The van der Waals surface area contributed by atoms with Gasteiger partial charge in [-0.25, -0.2) is 5.43 Å². The SMILES string of the molecule is O=C(Cc1cc(=O)[nH]c(=S)[nH]1)N/N=C\c1cccc(Oc2ccccc2)c1. The van der Waals surface area contributed by atoms with Gasteiger partial charge in [0.2, 0.25) is 5.91 Å². The summed E-state index contributed by atoms with van der Waals surface area (Å²) in [6.45, 7) is 0. The molecule has 0 radical (unpaired) electrons. The molecule has 0 aliphatic carbocycles. The van der Waals surface area contributed by atoms with Gasteiger partial charge in [0.05, 0.1) is 12.6 Å². The second kappa shape index (κ2) is 8.72. The summed E-state index contributed by atoms with van der Waals surface area (Å²) >= 11 is 4.87. The van der Waals surface area contributed by atoms with E-state index in [2.05, 4.69) is 20.5 Å². The van der Waals surface area contributed by atoms with E-state index in [1.807, 2.05) is 48.5 Å². The van der Waals surface area contributed by atoms with E-state index in [0.717, 1.165) is 11.3 Å². The quantitative estimate of drug-likeness (QED) is 0.348. The Morgan fingerprint density at radius 2 is 1.85 bits per heavy atom. The van der Waals surface area contributed by atoms with Crippen LogP contribution in [0.5, 0.6) is 11.5 Å². The summed E-state index contributed by atoms with van der Waals surface area (Å²) in [5.74, 6) is 1.02. The molecule has 0 saturated carbocycles. The largest absolute Gasteiger partial charge is 0.457 e. The van der Waals surface area contributed by atoms with E-state index in [-0.39, 0.29) is 22.7 Å². The summed E-state index contributed by atoms with van der Waals surface area (Å²) in [7, 11) is 0. The number of hydrogen-bond acceptors (Lipinski definition) is 5. The second-order valence-corrected chi connectivity index (χ2v) is 5.98. The number of aromatic amines is 2. The Hall–Kier alpha value is -3.52. The molecule has 0 bridgehead atoms. The number of benzene rings is 2. The first-order chi connectivity index (χ1) is 13.1. The van der Waals surface area contributed by atoms with E-state index in [1.54, 1.807) is 6.07 Å². The second-order valence-electron chi connectivity index (χ2n) is 5.57. The van der Waals surface area contributed by atoms with Crippen LogP contribution in [-0.2, 0) is 11.2 Å². The van der Waals surface area contributed by atoms with Gasteiger partial charge in [-0.3, -0.25) is 14.6 Å². The number of carbonyl (C=O) groups is 1. The minimum absolute atomic E-state index is 0.0396. The third-order valence-electron chi connectivity index (χ3n) is 3.41. The molecule has 1 aromatic heterocycles. The van der Waals surface area contributed by atoms with Gasteiger partial charge in [-0.1, -0.05) is 30.3 Å². The predicted octanol–water partition coefficient (Wildman–Crippen LogP) is 2.92. The maximum Gasteiger partial charge on any atom is 0.251 e. The molecule has 3 N–H and O–H groups in total. The fourth-order valence-electron chi connectivity index (χ4n) is 2.29. The van der Waals surface area contributed by atoms with Gasteiger partial charge in [0, 0.05) is 11.8 Å². The van der Waals surface area contributed by atoms with Crippen LogP contribution < -0.4 is 15.7 Å². The average Bonchev–Trinajstić information content (AvgIpc) is 2.62. The number of ether oxygens (including phenoxy) is 1. The first-order valence-corrected chi connectivity index (χ1v) is 8.47. The Balaban J connectivity index is 1.59. The molecule has 0 unspecified atom stereocenters. The normalized spacial score (nSPS) is 10.7. The summed E-state index contributed by atoms with van der Waals surface area (Å²) in [5.41, 5.74) is 3.23. The zero-order valence-corrected chi connectivity index (χ0v) is 15.0. The number of amides is 1. The van der Waals surface area contributed by atoms with Gasteiger partial charge in [0.1, 0.15) is 11.5 Å². The van der Waals surface area contributed by atoms with Crippen LogP contribution in [0, 0.1) is 4.77 Å². The van der Waals surface area contributed by atoms with E-state index in [9.17, 15) is 9.59 Å². The van der Waals surface area contributed by atoms with Crippen LogP contribution in [0.2, 0.25) is 0 Å². The summed E-state index contributed by atoms with van der Waals surface area (Å²) in [5, 5.41) is 3.92. The number of nitrogens with one attached hydrogen (secondary N) is 3. The van der Waals surface area contributed by atoms with Crippen molar-refractivity contribution in [1.29, 1.82) is 0 Å². The molecule has 1 amide bonds. The zero-order chi connectivity index (χ0) is 19.1. The van der Waals surface area contributed by atoms with Crippen molar-refractivity contribution in [3.63, 3.8) is 0 Å². The number of para-hydroxylation sites is 1. The summed E-state index contributed by atoms with van der Waals surface area (Å²) in [6.07, 6.45) is 1.47. The fourth-order valence-corrected chi connectivity index (χ4v) is 2.52. The molecule has 0 fully saturated rings. The molecule has 136 valence electrons. The van der Waals surface area contributed by atoms with Crippen LogP contribution in [0.25, 0.3) is 0 Å². The highest BCUT2D eigenvalue weighted by Crippen LogP contribution is 2.21. The third kappa shape index (κ3) is 5.75. The molecule has 3 rings (SSSR count). The van der Waals surface area contributed by atoms with E-state index in [4.69, 9.17) is 17.0 Å². The lowest BCUT2D eigenvalue weighted by Gasteiger charge is -2.05. The van der Waals surface area contributed by atoms with E-state index in [1.165, 1.54) is 12.3 Å². The van der Waals surface area contributed by atoms with Crippen molar-refractivity contribution in [2.45, 2.75) is 6.42 Å².